The Labute approximate surface area is 256 Å². The monoisotopic (exact) mass is 620 g/mol. The van der Waals surface area contributed by atoms with E-state index in [9.17, 15) is 23.1 Å². The largest absolute Gasteiger partial charge is 0.480 e. The van der Waals surface area contributed by atoms with E-state index < -0.39 is 23.8 Å². The van der Waals surface area contributed by atoms with Crippen LogP contribution in [0.1, 0.15) is 17.7 Å². The Morgan fingerprint density at radius 1 is 1.09 bits per heavy atom. The topological polar surface area (TPSA) is 104 Å². The SMILES string of the molecule is CSCC[C@H](NCCN=c1cc2n(-c3ccc(C(F)(F)F)cc3)c3ccccc3nc-2cc1Nc1ccc(C)nc1)C(=O)O. The highest BCUT2D eigenvalue weighted by atomic mass is 32.2. The van der Waals surface area contributed by atoms with Crippen LogP contribution < -0.4 is 16.0 Å². The minimum absolute atomic E-state index is 0.288. The van der Waals surface area contributed by atoms with Gasteiger partial charge >= 0.3 is 12.1 Å². The molecule has 0 unspecified atom stereocenters. The zero-order valence-electron chi connectivity index (χ0n) is 24.1. The third-order valence-corrected chi connectivity index (χ3v) is 7.68. The van der Waals surface area contributed by atoms with Gasteiger partial charge in [-0.2, -0.15) is 24.9 Å². The lowest BCUT2D eigenvalue weighted by Crippen LogP contribution is -2.38. The quantitative estimate of drug-likeness (QED) is 0.118. The molecule has 1 aliphatic carbocycles. The number of carboxylic acid groups (broad SMARTS) is 1. The number of halogens is 3. The molecule has 1 aromatic heterocycles. The molecule has 1 atom stereocenters. The summed E-state index contributed by atoms with van der Waals surface area (Å²) in [4.78, 5) is 25.7. The first-order valence-electron chi connectivity index (χ1n) is 13.9. The van der Waals surface area contributed by atoms with Crippen molar-refractivity contribution < 1.29 is 23.1 Å². The third kappa shape index (κ3) is 7.20. The molecular weight excluding hydrogens is 589 g/mol. The maximum Gasteiger partial charge on any atom is 0.416 e. The Kier molecular flexibility index (Phi) is 9.50. The van der Waals surface area contributed by atoms with E-state index in [2.05, 4.69) is 15.6 Å². The van der Waals surface area contributed by atoms with E-state index in [1.165, 1.54) is 12.1 Å². The molecule has 3 aromatic rings. The van der Waals surface area contributed by atoms with Crippen LogP contribution in [0.4, 0.5) is 24.5 Å². The first-order valence-corrected chi connectivity index (χ1v) is 15.3. The van der Waals surface area contributed by atoms with Crippen molar-refractivity contribution in [3.8, 4) is 17.1 Å². The van der Waals surface area contributed by atoms with Gasteiger partial charge in [-0.05, 0) is 86.0 Å². The summed E-state index contributed by atoms with van der Waals surface area (Å²) in [6.07, 6.45) is -0.316. The van der Waals surface area contributed by atoms with Gasteiger partial charge in [0.05, 0.1) is 57.5 Å². The summed E-state index contributed by atoms with van der Waals surface area (Å²) in [6.45, 7) is 2.52. The van der Waals surface area contributed by atoms with Gasteiger partial charge in [0.1, 0.15) is 6.04 Å². The molecule has 0 amide bonds. The zero-order chi connectivity index (χ0) is 31.3. The van der Waals surface area contributed by atoms with Crippen molar-refractivity contribution in [2.75, 3.05) is 30.4 Å². The second-order valence-electron chi connectivity index (χ2n) is 10.2. The predicted octanol–water partition coefficient (Wildman–Crippen LogP) is 6.29. The summed E-state index contributed by atoms with van der Waals surface area (Å²) in [6, 6.07) is 19.3. The molecule has 8 nitrogen and oxygen atoms in total. The summed E-state index contributed by atoms with van der Waals surface area (Å²) in [5, 5.41) is 16.6. The van der Waals surface area contributed by atoms with Gasteiger partial charge < -0.3 is 20.3 Å². The first kappa shape index (κ1) is 31.0. The normalized spacial score (nSPS) is 13.0. The van der Waals surface area contributed by atoms with Gasteiger partial charge in [0, 0.05) is 17.9 Å². The zero-order valence-corrected chi connectivity index (χ0v) is 24.9. The highest BCUT2D eigenvalue weighted by Crippen LogP contribution is 2.33. The number of aromatic nitrogens is 3. The number of nitrogens with one attached hydrogen (secondary N) is 2. The predicted molar refractivity (Wildman–Crippen MR) is 168 cm³/mol. The van der Waals surface area contributed by atoms with Gasteiger partial charge in [-0.3, -0.25) is 14.8 Å². The average Bonchev–Trinajstić information content (AvgIpc) is 3.00. The molecule has 0 radical (unpaired) electrons. The molecule has 2 heterocycles. The number of fused-ring (bicyclic) bond motifs is 2. The van der Waals surface area contributed by atoms with Crippen molar-refractivity contribution in [2.24, 2.45) is 4.99 Å². The first-order chi connectivity index (χ1) is 21.1. The number of anilines is 2. The molecule has 3 N–H and O–H groups in total. The highest BCUT2D eigenvalue weighted by molar-refractivity contribution is 7.98. The van der Waals surface area contributed by atoms with Crippen molar-refractivity contribution >= 4 is 40.1 Å². The highest BCUT2D eigenvalue weighted by Gasteiger charge is 2.30. The van der Waals surface area contributed by atoms with Crippen molar-refractivity contribution in [2.45, 2.75) is 25.6 Å². The van der Waals surface area contributed by atoms with Gasteiger partial charge in [0.2, 0.25) is 0 Å². The third-order valence-electron chi connectivity index (χ3n) is 7.03. The Bertz CT molecular complexity index is 1790. The minimum Gasteiger partial charge on any atom is -0.480 e. The molecule has 44 heavy (non-hydrogen) atoms. The van der Waals surface area contributed by atoms with Crippen LogP contribution >= 0.6 is 11.8 Å². The van der Waals surface area contributed by atoms with E-state index in [-0.39, 0.29) is 6.54 Å². The summed E-state index contributed by atoms with van der Waals surface area (Å²) in [5.74, 6) is -0.190. The molecular formula is C32H31F3N6O2S. The lowest BCUT2D eigenvalue weighted by Gasteiger charge is -2.21. The van der Waals surface area contributed by atoms with E-state index in [1.807, 2.05) is 66.3 Å². The van der Waals surface area contributed by atoms with Gasteiger partial charge in [0.25, 0.3) is 0 Å². The molecule has 0 fully saturated rings. The molecule has 0 spiro atoms. The molecule has 228 valence electrons. The molecule has 0 saturated carbocycles. The van der Waals surface area contributed by atoms with E-state index >= 15 is 0 Å². The Morgan fingerprint density at radius 3 is 2.55 bits per heavy atom. The summed E-state index contributed by atoms with van der Waals surface area (Å²) in [5.41, 5.74) is 4.70. The number of rotatable bonds is 11. The number of alkyl halides is 3. The lowest BCUT2D eigenvalue weighted by molar-refractivity contribution is -0.139. The number of carbonyl (C=O) groups is 1. The van der Waals surface area contributed by atoms with Crippen molar-refractivity contribution in [3.63, 3.8) is 0 Å². The number of hydrogen-bond acceptors (Lipinski definition) is 7. The number of aryl methyl sites for hydroxylation is 1. The van der Waals surface area contributed by atoms with E-state index in [1.54, 1.807) is 18.0 Å². The van der Waals surface area contributed by atoms with Gasteiger partial charge in [0.15, 0.2) is 0 Å². The van der Waals surface area contributed by atoms with Crippen LogP contribution in [-0.2, 0) is 11.0 Å². The van der Waals surface area contributed by atoms with E-state index in [0.717, 1.165) is 29.3 Å². The number of hydrogen-bond donors (Lipinski definition) is 3. The van der Waals surface area contributed by atoms with Crippen molar-refractivity contribution in [1.82, 2.24) is 19.9 Å². The Balaban J connectivity index is 1.62. The molecule has 12 heteroatoms. The number of nitrogens with zero attached hydrogens (tertiary/aromatic N) is 4. The number of benzene rings is 3. The molecule has 1 aliphatic heterocycles. The maximum atomic E-state index is 13.3. The van der Waals surface area contributed by atoms with Crippen LogP contribution in [0.25, 0.3) is 28.1 Å². The second-order valence-corrected chi connectivity index (χ2v) is 11.1. The van der Waals surface area contributed by atoms with Crippen molar-refractivity contribution in [3.05, 3.63) is 95.6 Å². The standard InChI is InChI=1S/C32H31F3N6O2S/c1-20-7-10-22(19-38-20)39-27-17-28-30(18-26(27)37-15-14-36-25(31(42)43)13-16-44-2)41(29-6-4-3-5-24(29)40-28)23-11-8-21(9-12-23)32(33,34)35/h3-12,17-19,25,36,39H,13-16H2,1-2H3,(H,42,43)/t25-/m0/s1. The van der Waals surface area contributed by atoms with Crippen LogP contribution in [0.15, 0.2) is 84.0 Å². The van der Waals surface area contributed by atoms with Crippen LogP contribution in [-0.4, -0.2) is 56.8 Å². The molecule has 0 saturated heterocycles. The number of pyridine rings is 1. The number of para-hydroxylation sites is 2. The second kappa shape index (κ2) is 13.5. The number of aliphatic carboxylic acids is 1. The minimum atomic E-state index is -4.45. The molecule has 0 bridgehead atoms. The van der Waals surface area contributed by atoms with E-state index in [0.29, 0.717) is 52.1 Å². The van der Waals surface area contributed by atoms with Gasteiger partial charge in [-0.25, -0.2) is 4.98 Å². The lowest BCUT2D eigenvalue weighted by atomic mass is 10.1. The maximum absolute atomic E-state index is 13.3. The molecule has 5 rings (SSSR count). The fourth-order valence-corrected chi connectivity index (χ4v) is 5.28. The summed E-state index contributed by atoms with van der Waals surface area (Å²) < 4.78 is 41.9. The fourth-order valence-electron chi connectivity index (χ4n) is 4.81. The van der Waals surface area contributed by atoms with Crippen LogP contribution in [0, 0.1) is 6.92 Å². The fraction of sp³-hybridized carbons (Fsp3) is 0.250. The Morgan fingerprint density at radius 2 is 1.86 bits per heavy atom. The van der Waals surface area contributed by atoms with Crippen LogP contribution in [0.2, 0.25) is 0 Å². The number of thioether (sulfide) groups is 1. The van der Waals surface area contributed by atoms with Gasteiger partial charge in [-0.15, -0.1) is 0 Å². The van der Waals surface area contributed by atoms with Crippen LogP contribution in [0.5, 0.6) is 0 Å². The summed E-state index contributed by atoms with van der Waals surface area (Å²) in [7, 11) is 0. The van der Waals surface area contributed by atoms with Crippen molar-refractivity contribution in [1.29, 1.82) is 0 Å². The number of carboxylic acids is 1. The summed E-state index contributed by atoms with van der Waals surface area (Å²) >= 11 is 1.59. The van der Waals surface area contributed by atoms with E-state index in [4.69, 9.17) is 9.98 Å². The molecule has 2 aliphatic rings. The Hall–Kier alpha value is -4.42. The smallest absolute Gasteiger partial charge is 0.416 e. The average molecular weight is 621 g/mol. The molecule has 2 aromatic carbocycles. The van der Waals surface area contributed by atoms with Crippen LogP contribution in [0.3, 0.4) is 0 Å². The van der Waals surface area contributed by atoms with Gasteiger partial charge in [-0.1, -0.05) is 12.1 Å².